The summed E-state index contributed by atoms with van der Waals surface area (Å²) in [4.78, 5) is 15.5. The van der Waals surface area contributed by atoms with E-state index in [9.17, 15) is 4.79 Å². The lowest BCUT2D eigenvalue weighted by atomic mass is 10.1. The summed E-state index contributed by atoms with van der Waals surface area (Å²) in [6.07, 6.45) is -0.735. The van der Waals surface area contributed by atoms with Gasteiger partial charge in [0.15, 0.2) is 17.3 Å². The highest BCUT2D eigenvalue weighted by Gasteiger charge is 2.21. The van der Waals surface area contributed by atoms with Crippen molar-refractivity contribution in [2.45, 2.75) is 13.8 Å². The first kappa shape index (κ1) is 13.6. The van der Waals surface area contributed by atoms with Gasteiger partial charge in [0, 0.05) is 13.1 Å². The molecular weight excluding hydrogens is 266 g/mol. The zero-order valence-electron chi connectivity index (χ0n) is 11.1. The first-order valence-corrected chi connectivity index (χ1v) is 5.65. The molecule has 0 aliphatic rings. The van der Waals surface area contributed by atoms with Gasteiger partial charge in [-0.25, -0.2) is 4.79 Å². The molecular formula is C11H13N5O4. The average molecular weight is 279 g/mol. The zero-order valence-corrected chi connectivity index (χ0v) is 11.1. The molecule has 20 heavy (non-hydrogen) atoms. The summed E-state index contributed by atoms with van der Waals surface area (Å²) in [7, 11) is 1.41. The number of amides is 1. The number of amidine groups is 1. The van der Waals surface area contributed by atoms with E-state index in [0.717, 1.165) is 0 Å². The van der Waals surface area contributed by atoms with E-state index in [1.54, 1.807) is 19.9 Å². The van der Waals surface area contributed by atoms with Crippen molar-refractivity contribution >= 4 is 11.9 Å². The number of hydrogen-bond donors (Lipinski definition) is 2. The Morgan fingerprint density at radius 3 is 2.75 bits per heavy atom. The van der Waals surface area contributed by atoms with Crippen LogP contribution in [0.2, 0.25) is 0 Å². The molecule has 0 radical (unpaired) electrons. The maximum atomic E-state index is 11.0. The van der Waals surface area contributed by atoms with E-state index in [1.807, 2.05) is 0 Å². The second-order valence-electron chi connectivity index (χ2n) is 3.90. The number of hydrogen-bond acceptors (Lipinski definition) is 7. The van der Waals surface area contributed by atoms with Gasteiger partial charge in [0.25, 0.3) is 0 Å². The number of aromatic nitrogens is 2. The molecule has 0 aliphatic heterocycles. The van der Waals surface area contributed by atoms with Gasteiger partial charge in [0.2, 0.25) is 0 Å². The molecule has 0 aliphatic carbocycles. The van der Waals surface area contributed by atoms with Crippen molar-refractivity contribution in [1.29, 1.82) is 0 Å². The molecule has 9 heteroatoms. The monoisotopic (exact) mass is 279 g/mol. The predicted molar refractivity (Wildman–Crippen MR) is 67.7 cm³/mol. The van der Waals surface area contributed by atoms with Crippen molar-refractivity contribution in [1.82, 2.24) is 15.6 Å². The Labute approximate surface area is 113 Å². The van der Waals surface area contributed by atoms with Crippen LogP contribution in [0.3, 0.4) is 0 Å². The van der Waals surface area contributed by atoms with Gasteiger partial charge in [-0.3, -0.25) is 4.84 Å². The fourth-order valence-electron chi connectivity index (χ4n) is 1.50. The Kier molecular flexibility index (Phi) is 3.69. The standard InChI is InChI=1S/C11H13N5O4/c1-5-4-7(15-18-5)9-8(6(2)14-19-9)10(12)16-20-11(17)13-3/h4H,1-3H3,(H2,12,16)(H,13,17). The number of carbonyl (C=O) groups excluding carboxylic acids is 1. The third-order valence-corrected chi connectivity index (χ3v) is 2.41. The molecule has 2 heterocycles. The normalized spacial score (nSPS) is 11.4. The number of oxime groups is 1. The second-order valence-corrected chi connectivity index (χ2v) is 3.90. The number of aryl methyl sites for hydroxylation is 2. The molecule has 2 rings (SSSR count). The van der Waals surface area contributed by atoms with Crippen molar-refractivity contribution in [3.63, 3.8) is 0 Å². The van der Waals surface area contributed by atoms with Gasteiger partial charge in [-0.1, -0.05) is 15.5 Å². The summed E-state index contributed by atoms with van der Waals surface area (Å²) < 4.78 is 10.1. The Morgan fingerprint density at radius 1 is 1.40 bits per heavy atom. The number of carbonyl (C=O) groups is 1. The van der Waals surface area contributed by atoms with E-state index in [0.29, 0.717) is 28.5 Å². The van der Waals surface area contributed by atoms with Crippen molar-refractivity contribution in [3.05, 3.63) is 23.1 Å². The smallest absolute Gasteiger partial charge is 0.380 e. The largest absolute Gasteiger partial charge is 0.433 e. The highest BCUT2D eigenvalue weighted by molar-refractivity contribution is 6.02. The van der Waals surface area contributed by atoms with Crippen LogP contribution in [0.1, 0.15) is 17.0 Å². The molecule has 0 aromatic carbocycles. The van der Waals surface area contributed by atoms with Crippen LogP contribution in [0.5, 0.6) is 0 Å². The Balaban J connectivity index is 2.36. The van der Waals surface area contributed by atoms with Crippen LogP contribution in [-0.2, 0) is 4.84 Å². The van der Waals surface area contributed by atoms with Crippen LogP contribution in [0.4, 0.5) is 4.79 Å². The van der Waals surface area contributed by atoms with Gasteiger partial charge in [-0.2, -0.15) is 0 Å². The lowest BCUT2D eigenvalue weighted by Crippen LogP contribution is -2.21. The topological polar surface area (TPSA) is 129 Å². The molecule has 0 saturated carbocycles. The average Bonchev–Trinajstić information content (AvgIpc) is 3.01. The predicted octanol–water partition coefficient (Wildman–Crippen LogP) is 0.923. The summed E-state index contributed by atoms with van der Waals surface area (Å²) in [6, 6.07) is 1.66. The fraction of sp³-hybridized carbons (Fsp3) is 0.273. The molecule has 106 valence electrons. The summed E-state index contributed by atoms with van der Waals surface area (Å²) in [6.45, 7) is 3.42. The van der Waals surface area contributed by atoms with Crippen LogP contribution in [0.15, 0.2) is 20.3 Å². The SMILES string of the molecule is CNC(=O)O/N=C(\N)c1c(C)noc1-c1cc(C)on1. The van der Waals surface area contributed by atoms with Crippen LogP contribution in [-0.4, -0.2) is 29.3 Å². The first-order valence-electron chi connectivity index (χ1n) is 5.65. The highest BCUT2D eigenvalue weighted by atomic mass is 16.7. The summed E-state index contributed by atoms with van der Waals surface area (Å²) >= 11 is 0. The maximum Gasteiger partial charge on any atom is 0.433 e. The third kappa shape index (κ3) is 2.60. The van der Waals surface area contributed by atoms with E-state index < -0.39 is 6.09 Å². The molecule has 9 nitrogen and oxygen atoms in total. The molecule has 3 N–H and O–H groups in total. The second kappa shape index (κ2) is 5.43. The van der Waals surface area contributed by atoms with Crippen molar-refractivity contribution in [2.75, 3.05) is 7.05 Å². The number of nitrogens with two attached hydrogens (primary N) is 1. The van der Waals surface area contributed by atoms with Gasteiger partial charge < -0.3 is 20.1 Å². The van der Waals surface area contributed by atoms with Gasteiger partial charge in [0.05, 0.1) is 11.3 Å². The minimum Gasteiger partial charge on any atom is -0.380 e. The van der Waals surface area contributed by atoms with Crippen LogP contribution >= 0.6 is 0 Å². The zero-order chi connectivity index (χ0) is 14.7. The molecule has 0 bridgehead atoms. The Morgan fingerprint density at radius 2 is 2.15 bits per heavy atom. The lowest BCUT2D eigenvalue weighted by Gasteiger charge is -2.00. The quantitative estimate of drug-likeness (QED) is 0.370. The van der Waals surface area contributed by atoms with E-state index >= 15 is 0 Å². The van der Waals surface area contributed by atoms with Crippen LogP contribution in [0.25, 0.3) is 11.5 Å². The Bertz CT molecular complexity index is 658. The molecule has 0 fully saturated rings. The molecule has 1 amide bonds. The van der Waals surface area contributed by atoms with Crippen molar-refractivity contribution in [2.24, 2.45) is 10.9 Å². The minimum atomic E-state index is -0.735. The van der Waals surface area contributed by atoms with E-state index in [1.165, 1.54) is 7.05 Å². The number of nitrogens with one attached hydrogen (secondary N) is 1. The van der Waals surface area contributed by atoms with E-state index in [2.05, 4.69) is 25.6 Å². The molecule has 0 saturated heterocycles. The molecule has 0 unspecified atom stereocenters. The molecule has 0 spiro atoms. The number of nitrogens with zero attached hydrogens (tertiary/aromatic N) is 3. The highest BCUT2D eigenvalue weighted by Crippen LogP contribution is 2.25. The minimum absolute atomic E-state index is 0.0528. The van der Waals surface area contributed by atoms with Gasteiger partial charge in [0.1, 0.15) is 5.76 Å². The van der Waals surface area contributed by atoms with Crippen molar-refractivity contribution < 1.29 is 18.7 Å². The summed E-state index contributed by atoms with van der Waals surface area (Å²) in [5.41, 5.74) is 7.08. The summed E-state index contributed by atoms with van der Waals surface area (Å²) in [5, 5.41) is 13.4. The first-order chi connectivity index (χ1) is 9.52. The maximum absolute atomic E-state index is 11.0. The Hall–Kier alpha value is -2.84. The van der Waals surface area contributed by atoms with Gasteiger partial charge >= 0.3 is 6.09 Å². The fourth-order valence-corrected chi connectivity index (χ4v) is 1.50. The summed E-state index contributed by atoms with van der Waals surface area (Å²) in [5.74, 6) is 0.848. The third-order valence-electron chi connectivity index (χ3n) is 2.41. The van der Waals surface area contributed by atoms with Crippen LogP contribution < -0.4 is 11.1 Å². The van der Waals surface area contributed by atoms with E-state index in [4.69, 9.17) is 14.8 Å². The molecule has 2 aromatic heterocycles. The molecule has 2 aromatic rings. The van der Waals surface area contributed by atoms with E-state index in [-0.39, 0.29) is 5.84 Å². The molecule has 0 atom stereocenters. The lowest BCUT2D eigenvalue weighted by molar-refractivity contribution is 0.153. The number of rotatable bonds is 3. The van der Waals surface area contributed by atoms with Crippen LogP contribution in [0, 0.1) is 13.8 Å². The van der Waals surface area contributed by atoms with Gasteiger partial charge in [-0.15, -0.1) is 0 Å². The van der Waals surface area contributed by atoms with Gasteiger partial charge in [-0.05, 0) is 13.8 Å². The van der Waals surface area contributed by atoms with Crippen molar-refractivity contribution in [3.8, 4) is 11.5 Å².